The van der Waals surface area contributed by atoms with Crippen molar-refractivity contribution in [3.8, 4) is 11.1 Å². The second kappa shape index (κ2) is 4.77. The van der Waals surface area contributed by atoms with Crippen LogP contribution in [0, 0.1) is 0 Å². The molecular formula is C9H12O. The van der Waals surface area contributed by atoms with Crippen LogP contribution in [0.3, 0.4) is 0 Å². The van der Waals surface area contributed by atoms with Crippen LogP contribution in [-0.4, -0.2) is 12.2 Å². The number of benzene rings is 1. The molecule has 0 atom stereocenters. The van der Waals surface area contributed by atoms with E-state index in [1.165, 1.54) is 11.1 Å². The molecule has 2 aliphatic rings. The summed E-state index contributed by atoms with van der Waals surface area (Å²) >= 11 is 0. The normalized spacial score (nSPS) is 7.80. The first kappa shape index (κ1) is 8.92. The van der Waals surface area contributed by atoms with Crippen LogP contribution in [-0.2, 0) is 0 Å². The van der Waals surface area contributed by atoms with Crippen LogP contribution in [0.2, 0.25) is 0 Å². The van der Waals surface area contributed by atoms with E-state index in [1.54, 1.807) is 0 Å². The maximum Gasteiger partial charge on any atom is 0.0319 e. The Bertz CT molecular complexity index is 176. The lowest BCUT2D eigenvalue weighted by Gasteiger charge is -1.48. The molecule has 0 radical (unpaired) electrons. The van der Waals surface area contributed by atoms with Gasteiger partial charge in [-0.15, -0.1) is 13.2 Å². The van der Waals surface area contributed by atoms with E-state index in [0.29, 0.717) is 0 Å². The molecule has 1 N–H and O–H groups in total. The summed E-state index contributed by atoms with van der Waals surface area (Å²) in [6.45, 7) is 6.00. The van der Waals surface area contributed by atoms with Gasteiger partial charge in [0.2, 0.25) is 0 Å². The lowest BCUT2D eigenvalue weighted by Crippen LogP contribution is -1.25. The first-order chi connectivity index (χ1) is 4.97. The predicted molar refractivity (Wildman–Crippen MR) is 44.8 cm³/mol. The number of rotatable bonds is 0. The lowest BCUT2D eigenvalue weighted by molar-refractivity contribution is 0.399. The molecule has 0 aromatic heterocycles. The molecule has 2 aliphatic carbocycles. The van der Waals surface area contributed by atoms with E-state index in [9.17, 15) is 0 Å². The monoisotopic (exact) mass is 136 g/mol. The molecule has 0 amide bonds. The summed E-state index contributed by atoms with van der Waals surface area (Å²) < 4.78 is 0. The molecule has 0 aliphatic heterocycles. The number of aliphatic hydroxyl groups is 1. The van der Waals surface area contributed by atoms with E-state index in [0.717, 1.165) is 7.11 Å². The number of hydrogen-bond acceptors (Lipinski definition) is 1. The second-order valence-electron chi connectivity index (χ2n) is 1.58. The molecule has 0 heterocycles. The molecular weight excluding hydrogens is 124 g/mol. The largest absolute Gasteiger partial charge is 0.400 e. The molecule has 0 aromatic rings. The standard InChI is InChI=1S/C6H4.C2H4.CH4O/c1-2-5-4-6(5)3-1;2*1-2/h1-4H;1-2H2;2H,1H3. The minimum Gasteiger partial charge on any atom is -0.400 e. The maximum absolute atomic E-state index is 7.00. The minimum absolute atomic E-state index is 1.00. The highest BCUT2D eigenvalue weighted by atomic mass is 16.2. The number of hydrogen-bond donors (Lipinski definition) is 1. The van der Waals surface area contributed by atoms with E-state index in [1.807, 2.05) is 0 Å². The van der Waals surface area contributed by atoms with Crippen LogP contribution in [0.25, 0.3) is 11.1 Å². The Hall–Kier alpha value is -1.08. The second-order valence-corrected chi connectivity index (χ2v) is 1.58. The molecule has 0 fully saturated rings. The van der Waals surface area contributed by atoms with Gasteiger partial charge in [0, 0.05) is 7.11 Å². The van der Waals surface area contributed by atoms with Gasteiger partial charge in [0.05, 0.1) is 0 Å². The lowest BCUT2D eigenvalue weighted by atomic mass is 10.6. The van der Waals surface area contributed by atoms with Gasteiger partial charge >= 0.3 is 0 Å². The molecule has 1 heteroatoms. The van der Waals surface area contributed by atoms with E-state index in [4.69, 9.17) is 5.11 Å². The van der Waals surface area contributed by atoms with Gasteiger partial charge in [-0.05, 0) is 17.2 Å². The summed E-state index contributed by atoms with van der Waals surface area (Å²) in [4.78, 5) is 0. The SMILES string of the molecule is C=C.CO.c1cc2cc-2c1. The van der Waals surface area contributed by atoms with Crippen LogP contribution in [0.15, 0.2) is 37.4 Å². The van der Waals surface area contributed by atoms with Crippen molar-refractivity contribution >= 4 is 0 Å². The van der Waals surface area contributed by atoms with Gasteiger partial charge < -0.3 is 5.11 Å². The van der Waals surface area contributed by atoms with Gasteiger partial charge in [-0.2, -0.15) is 0 Å². The van der Waals surface area contributed by atoms with Crippen molar-refractivity contribution < 1.29 is 5.11 Å². The average Bonchev–Trinajstić information content (AvgIpc) is 2.67. The minimum atomic E-state index is 1.00. The quantitative estimate of drug-likeness (QED) is 0.550. The fourth-order valence-electron chi connectivity index (χ4n) is 0.676. The van der Waals surface area contributed by atoms with Crippen molar-refractivity contribution in [3.63, 3.8) is 0 Å². The van der Waals surface area contributed by atoms with E-state index >= 15 is 0 Å². The summed E-state index contributed by atoms with van der Waals surface area (Å²) in [5.74, 6) is 0. The van der Waals surface area contributed by atoms with Crippen LogP contribution < -0.4 is 0 Å². The highest BCUT2D eigenvalue weighted by Gasteiger charge is 2.06. The zero-order valence-corrected chi connectivity index (χ0v) is 6.17. The first-order valence-electron chi connectivity index (χ1n) is 3.02. The van der Waals surface area contributed by atoms with Crippen molar-refractivity contribution in [2.24, 2.45) is 0 Å². The van der Waals surface area contributed by atoms with E-state index in [-0.39, 0.29) is 0 Å². The predicted octanol–water partition coefficient (Wildman–Crippen LogP) is 2.08. The molecule has 1 nitrogen and oxygen atoms in total. The Morgan fingerprint density at radius 2 is 1.50 bits per heavy atom. The van der Waals surface area contributed by atoms with Crippen molar-refractivity contribution in [1.29, 1.82) is 0 Å². The molecule has 0 unspecified atom stereocenters. The third-order valence-electron chi connectivity index (χ3n) is 1.11. The Morgan fingerprint density at radius 1 is 1.10 bits per heavy atom. The third-order valence-corrected chi connectivity index (χ3v) is 1.11. The van der Waals surface area contributed by atoms with Crippen molar-refractivity contribution in [2.45, 2.75) is 0 Å². The molecule has 2 rings (SSSR count). The molecule has 0 aromatic carbocycles. The smallest absolute Gasteiger partial charge is 0.0319 e. The molecule has 10 heavy (non-hydrogen) atoms. The van der Waals surface area contributed by atoms with Crippen LogP contribution in [0.4, 0.5) is 0 Å². The Labute approximate surface area is 61.6 Å². The Kier molecular flexibility index (Phi) is 4.25. The average molecular weight is 136 g/mol. The topological polar surface area (TPSA) is 20.2 Å². The molecule has 0 spiro atoms. The summed E-state index contributed by atoms with van der Waals surface area (Å²) in [5, 5.41) is 7.00. The number of aliphatic hydroxyl groups excluding tert-OH is 1. The zero-order valence-electron chi connectivity index (χ0n) is 6.17. The fraction of sp³-hybridized carbons (Fsp3) is 0.111. The highest BCUT2D eigenvalue weighted by Crippen LogP contribution is 2.32. The number of fused-ring (bicyclic) bond motifs is 1. The summed E-state index contributed by atoms with van der Waals surface area (Å²) in [7, 11) is 1.00. The molecule has 54 valence electrons. The van der Waals surface area contributed by atoms with Gasteiger partial charge in [-0.1, -0.05) is 18.2 Å². The van der Waals surface area contributed by atoms with Crippen molar-refractivity contribution in [3.05, 3.63) is 37.4 Å². The summed E-state index contributed by atoms with van der Waals surface area (Å²) in [5.41, 5.74) is 2.85. The van der Waals surface area contributed by atoms with Gasteiger partial charge in [0.25, 0.3) is 0 Å². The van der Waals surface area contributed by atoms with E-state index in [2.05, 4.69) is 37.4 Å². The van der Waals surface area contributed by atoms with Crippen LogP contribution >= 0.6 is 0 Å². The molecule has 0 bridgehead atoms. The van der Waals surface area contributed by atoms with Crippen molar-refractivity contribution in [1.82, 2.24) is 0 Å². The van der Waals surface area contributed by atoms with Gasteiger partial charge in [0.15, 0.2) is 0 Å². The summed E-state index contributed by atoms with van der Waals surface area (Å²) in [6, 6.07) is 8.48. The first-order valence-corrected chi connectivity index (χ1v) is 3.02. The summed E-state index contributed by atoms with van der Waals surface area (Å²) in [6.07, 6.45) is 0. The van der Waals surface area contributed by atoms with Crippen molar-refractivity contribution in [2.75, 3.05) is 7.11 Å². The van der Waals surface area contributed by atoms with Gasteiger partial charge in [-0.25, -0.2) is 0 Å². The van der Waals surface area contributed by atoms with Crippen LogP contribution in [0.1, 0.15) is 0 Å². The Morgan fingerprint density at radius 3 is 1.60 bits per heavy atom. The fourth-order valence-corrected chi connectivity index (χ4v) is 0.676. The van der Waals surface area contributed by atoms with Gasteiger partial charge in [0.1, 0.15) is 0 Å². The Balaban J connectivity index is 0.000000180. The maximum atomic E-state index is 7.00. The third kappa shape index (κ3) is 2.03. The zero-order chi connectivity index (χ0) is 7.98. The molecule has 0 saturated heterocycles. The van der Waals surface area contributed by atoms with Gasteiger partial charge in [-0.3, -0.25) is 0 Å². The van der Waals surface area contributed by atoms with E-state index < -0.39 is 0 Å². The highest BCUT2D eigenvalue weighted by molar-refractivity contribution is 5.80. The van der Waals surface area contributed by atoms with Crippen LogP contribution in [0.5, 0.6) is 0 Å². The molecule has 0 saturated carbocycles.